The van der Waals surface area contributed by atoms with E-state index in [0.717, 1.165) is 0 Å². The number of nitro groups is 1. The number of ether oxygens (including phenoxy) is 2. The lowest BCUT2D eigenvalue weighted by Crippen LogP contribution is -2.16. The minimum atomic E-state index is -0.520. The Hall–Kier alpha value is -1.66. The predicted molar refractivity (Wildman–Crippen MR) is 61.0 cm³/mol. The van der Waals surface area contributed by atoms with E-state index >= 15 is 0 Å². The van der Waals surface area contributed by atoms with E-state index in [0.29, 0.717) is 5.56 Å². The zero-order valence-corrected chi connectivity index (χ0v) is 9.75. The van der Waals surface area contributed by atoms with Gasteiger partial charge in [0.25, 0.3) is 0 Å². The Bertz CT molecular complexity index is 393. The number of benzene rings is 1. The number of hydrogen-bond acceptors (Lipinski definition) is 5. The number of nitrogens with zero attached hydrogens (tertiary/aromatic N) is 1. The molecule has 6 heteroatoms. The van der Waals surface area contributed by atoms with Crippen LogP contribution in [0.5, 0.6) is 5.75 Å². The molecule has 0 saturated heterocycles. The van der Waals surface area contributed by atoms with Crippen LogP contribution in [0.1, 0.15) is 12.5 Å². The summed E-state index contributed by atoms with van der Waals surface area (Å²) < 4.78 is 10.3. The van der Waals surface area contributed by atoms with E-state index in [9.17, 15) is 10.1 Å². The molecule has 1 rings (SSSR count). The normalized spacial score (nSPS) is 12.2. The fourth-order valence-electron chi connectivity index (χ4n) is 1.20. The molecule has 6 nitrogen and oxygen atoms in total. The van der Waals surface area contributed by atoms with E-state index in [-0.39, 0.29) is 30.8 Å². The molecule has 1 aromatic carbocycles. The molecular weight excluding hydrogens is 226 g/mol. The van der Waals surface area contributed by atoms with Gasteiger partial charge >= 0.3 is 5.69 Å². The first-order chi connectivity index (χ1) is 8.08. The third-order valence-corrected chi connectivity index (χ3v) is 2.28. The van der Waals surface area contributed by atoms with E-state index in [1.165, 1.54) is 25.3 Å². The van der Waals surface area contributed by atoms with Gasteiger partial charge in [-0.3, -0.25) is 10.1 Å². The Kier molecular flexibility index (Phi) is 4.86. The highest BCUT2D eigenvalue weighted by atomic mass is 16.6. The minimum Gasteiger partial charge on any atom is -0.484 e. The van der Waals surface area contributed by atoms with Crippen molar-refractivity contribution in [2.24, 2.45) is 0 Å². The Morgan fingerprint density at radius 1 is 1.53 bits per heavy atom. The molecule has 0 radical (unpaired) electrons. The van der Waals surface area contributed by atoms with Gasteiger partial charge in [-0.1, -0.05) is 0 Å². The van der Waals surface area contributed by atoms with Crippen molar-refractivity contribution in [3.8, 4) is 5.75 Å². The molecule has 1 N–H and O–H groups in total. The number of aliphatic hydroxyl groups excluding tert-OH is 1. The van der Waals surface area contributed by atoms with Gasteiger partial charge in [0.05, 0.1) is 17.6 Å². The number of methoxy groups -OCH3 is 1. The maximum Gasteiger partial charge on any atom is 0.310 e. The van der Waals surface area contributed by atoms with E-state index < -0.39 is 4.92 Å². The van der Waals surface area contributed by atoms with Crippen molar-refractivity contribution in [1.82, 2.24) is 0 Å². The molecule has 0 aromatic heterocycles. The summed E-state index contributed by atoms with van der Waals surface area (Å²) in [6.07, 6.45) is -0.160. The summed E-state index contributed by atoms with van der Waals surface area (Å²) in [5, 5.41) is 19.7. The largest absolute Gasteiger partial charge is 0.484 e. The maximum absolute atomic E-state index is 10.8. The Balaban J connectivity index is 2.89. The maximum atomic E-state index is 10.8. The van der Waals surface area contributed by atoms with Gasteiger partial charge in [0.2, 0.25) is 0 Å². The number of nitro benzene ring substituents is 1. The summed E-state index contributed by atoms with van der Waals surface area (Å²) in [6, 6.07) is 4.27. The molecule has 1 unspecified atom stereocenters. The van der Waals surface area contributed by atoms with Crippen molar-refractivity contribution >= 4 is 5.69 Å². The van der Waals surface area contributed by atoms with Crippen LogP contribution in [0.15, 0.2) is 18.2 Å². The van der Waals surface area contributed by atoms with Crippen molar-refractivity contribution in [2.75, 3.05) is 13.7 Å². The summed E-state index contributed by atoms with van der Waals surface area (Å²) in [7, 11) is 1.53. The lowest BCUT2D eigenvalue weighted by atomic mass is 10.2. The molecular formula is C11H15NO5. The van der Waals surface area contributed by atoms with Gasteiger partial charge < -0.3 is 14.6 Å². The van der Waals surface area contributed by atoms with E-state index in [1.54, 1.807) is 6.92 Å². The average molecular weight is 241 g/mol. The molecule has 0 fully saturated rings. The number of hydrogen-bond donors (Lipinski definition) is 1. The molecule has 1 aromatic rings. The first kappa shape index (κ1) is 13.4. The van der Waals surface area contributed by atoms with Crippen LogP contribution >= 0.6 is 0 Å². The van der Waals surface area contributed by atoms with E-state index in [1.807, 2.05) is 0 Å². The van der Waals surface area contributed by atoms with Crippen LogP contribution < -0.4 is 4.74 Å². The highest BCUT2D eigenvalue weighted by Gasteiger charge is 2.16. The van der Waals surface area contributed by atoms with Gasteiger partial charge in [0.1, 0.15) is 6.61 Å². The highest BCUT2D eigenvalue weighted by Crippen LogP contribution is 2.28. The fraction of sp³-hybridized carbons (Fsp3) is 0.455. The second-order valence-corrected chi connectivity index (χ2v) is 3.57. The molecule has 0 aliphatic rings. The van der Waals surface area contributed by atoms with Crippen LogP contribution in [-0.2, 0) is 11.3 Å². The van der Waals surface area contributed by atoms with Crippen LogP contribution in [0.4, 0.5) is 5.69 Å². The summed E-state index contributed by atoms with van der Waals surface area (Å²) in [4.78, 5) is 10.2. The van der Waals surface area contributed by atoms with Gasteiger partial charge in [0, 0.05) is 13.2 Å². The van der Waals surface area contributed by atoms with Crippen LogP contribution in [0, 0.1) is 10.1 Å². The van der Waals surface area contributed by atoms with E-state index in [4.69, 9.17) is 14.6 Å². The molecule has 0 aliphatic heterocycles. The molecule has 1 atom stereocenters. The van der Waals surface area contributed by atoms with Crippen molar-refractivity contribution in [2.45, 2.75) is 19.6 Å². The smallest absolute Gasteiger partial charge is 0.310 e. The molecule has 0 bridgehead atoms. The molecule has 0 saturated carbocycles. The molecule has 17 heavy (non-hydrogen) atoms. The summed E-state index contributed by atoms with van der Waals surface area (Å²) in [5.74, 6) is 0.144. The minimum absolute atomic E-state index is 0.120. The summed E-state index contributed by atoms with van der Waals surface area (Å²) >= 11 is 0. The van der Waals surface area contributed by atoms with Crippen LogP contribution in [0.2, 0.25) is 0 Å². The van der Waals surface area contributed by atoms with Crippen molar-refractivity contribution < 1.29 is 19.5 Å². The van der Waals surface area contributed by atoms with Gasteiger partial charge in [-0.2, -0.15) is 0 Å². The number of rotatable bonds is 6. The highest BCUT2D eigenvalue weighted by molar-refractivity contribution is 5.48. The topological polar surface area (TPSA) is 81.8 Å². The second-order valence-electron chi connectivity index (χ2n) is 3.57. The average Bonchev–Trinajstić information content (AvgIpc) is 2.35. The third-order valence-electron chi connectivity index (χ3n) is 2.28. The zero-order chi connectivity index (χ0) is 12.8. The van der Waals surface area contributed by atoms with Crippen molar-refractivity contribution in [1.29, 1.82) is 0 Å². The molecule has 94 valence electrons. The first-order valence-corrected chi connectivity index (χ1v) is 5.12. The van der Waals surface area contributed by atoms with E-state index in [2.05, 4.69) is 0 Å². The van der Waals surface area contributed by atoms with Crippen molar-refractivity contribution in [3.63, 3.8) is 0 Å². The molecule has 0 aliphatic carbocycles. The van der Waals surface area contributed by atoms with Gasteiger partial charge in [0.15, 0.2) is 5.75 Å². The zero-order valence-electron chi connectivity index (χ0n) is 9.75. The lowest BCUT2D eigenvalue weighted by molar-refractivity contribution is -0.385. The monoisotopic (exact) mass is 241 g/mol. The summed E-state index contributed by atoms with van der Waals surface area (Å²) in [6.45, 7) is 1.82. The predicted octanol–water partition coefficient (Wildman–Crippen LogP) is 1.50. The Labute approximate surface area is 98.9 Å². The van der Waals surface area contributed by atoms with Crippen LogP contribution in [-0.4, -0.2) is 29.9 Å². The fourth-order valence-corrected chi connectivity index (χ4v) is 1.20. The number of aliphatic hydroxyl groups is 1. The Morgan fingerprint density at radius 3 is 2.76 bits per heavy atom. The van der Waals surface area contributed by atoms with Crippen LogP contribution in [0.3, 0.4) is 0 Å². The lowest BCUT2D eigenvalue weighted by Gasteiger charge is -2.12. The standard InChI is InChI=1S/C11H15NO5/c1-8(16-2)7-17-11-5-9(6-13)3-4-10(11)12(14)15/h3-5,8,13H,6-7H2,1-2H3. The molecule has 0 spiro atoms. The van der Waals surface area contributed by atoms with Crippen LogP contribution in [0.25, 0.3) is 0 Å². The first-order valence-electron chi connectivity index (χ1n) is 5.12. The summed E-state index contributed by atoms with van der Waals surface area (Å²) in [5.41, 5.74) is 0.446. The third kappa shape index (κ3) is 3.69. The molecule has 0 amide bonds. The molecule has 0 heterocycles. The second kappa shape index (κ2) is 6.17. The van der Waals surface area contributed by atoms with Crippen molar-refractivity contribution in [3.05, 3.63) is 33.9 Å². The van der Waals surface area contributed by atoms with Gasteiger partial charge in [-0.05, 0) is 24.6 Å². The Morgan fingerprint density at radius 2 is 2.24 bits per heavy atom. The van der Waals surface area contributed by atoms with Gasteiger partial charge in [-0.15, -0.1) is 0 Å². The SMILES string of the molecule is COC(C)COc1cc(CO)ccc1[N+](=O)[O-]. The van der Waals surface area contributed by atoms with Gasteiger partial charge in [-0.25, -0.2) is 0 Å². The quantitative estimate of drug-likeness (QED) is 0.603.